The molecule has 2 aromatic rings. The lowest BCUT2D eigenvalue weighted by molar-refractivity contribution is 0.311. The monoisotopic (exact) mass is 288 g/mol. The number of nitrogens with one attached hydrogen (secondary N) is 1. The number of ether oxygens (including phenoxy) is 2. The molecule has 0 unspecified atom stereocenters. The van der Waals surface area contributed by atoms with Crippen molar-refractivity contribution in [3.05, 3.63) is 42.2 Å². The number of methoxy groups -OCH3 is 1. The van der Waals surface area contributed by atoms with Crippen LogP contribution in [0.2, 0.25) is 0 Å². The molecule has 1 heterocycles. The molecule has 1 aromatic heterocycles. The third-order valence-electron chi connectivity index (χ3n) is 3.25. The summed E-state index contributed by atoms with van der Waals surface area (Å²) in [6, 6.07) is 8.06. The lowest BCUT2D eigenvalue weighted by Gasteiger charge is -2.12. The van der Waals surface area contributed by atoms with Crippen molar-refractivity contribution in [2.45, 2.75) is 33.4 Å². The minimum absolute atomic E-state index is 0.633. The molecule has 0 aliphatic rings. The van der Waals surface area contributed by atoms with Gasteiger partial charge in [0.2, 0.25) is 0 Å². The number of aryl methyl sites for hydroxylation is 1. The van der Waals surface area contributed by atoms with Crippen molar-refractivity contribution >= 4 is 5.69 Å². The SMILES string of the molecule is CCCn1ccc(CNc2ccc(OCC)c(OC)c2)c1. The normalized spacial score (nSPS) is 10.4. The van der Waals surface area contributed by atoms with Gasteiger partial charge in [-0.2, -0.15) is 0 Å². The second-order valence-electron chi connectivity index (χ2n) is 4.91. The van der Waals surface area contributed by atoms with Crippen LogP contribution in [0.25, 0.3) is 0 Å². The largest absolute Gasteiger partial charge is 0.493 e. The molecule has 0 bridgehead atoms. The van der Waals surface area contributed by atoms with Crippen LogP contribution in [0.4, 0.5) is 5.69 Å². The maximum absolute atomic E-state index is 5.52. The fraction of sp³-hybridized carbons (Fsp3) is 0.412. The molecule has 0 atom stereocenters. The molecule has 114 valence electrons. The average molecular weight is 288 g/mol. The Kier molecular flexibility index (Phi) is 5.55. The molecular formula is C17H24N2O2. The van der Waals surface area contributed by atoms with Gasteiger partial charge in [-0.05, 0) is 37.1 Å². The average Bonchev–Trinajstić information content (AvgIpc) is 2.94. The first-order valence-electron chi connectivity index (χ1n) is 7.46. The summed E-state index contributed by atoms with van der Waals surface area (Å²) in [5, 5.41) is 3.41. The van der Waals surface area contributed by atoms with Crippen LogP contribution in [0.3, 0.4) is 0 Å². The van der Waals surface area contributed by atoms with E-state index < -0.39 is 0 Å². The Morgan fingerprint density at radius 1 is 1.14 bits per heavy atom. The molecule has 0 aliphatic heterocycles. The van der Waals surface area contributed by atoms with E-state index in [1.807, 2.05) is 25.1 Å². The van der Waals surface area contributed by atoms with Crippen LogP contribution in [0.1, 0.15) is 25.8 Å². The Balaban J connectivity index is 1.98. The van der Waals surface area contributed by atoms with E-state index in [0.717, 1.165) is 36.7 Å². The van der Waals surface area contributed by atoms with Crippen LogP contribution >= 0.6 is 0 Å². The topological polar surface area (TPSA) is 35.4 Å². The van der Waals surface area contributed by atoms with Crippen molar-refractivity contribution < 1.29 is 9.47 Å². The van der Waals surface area contributed by atoms with Gasteiger partial charge in [0, 0.05) is 37.2 Å². The maximum Gasteiger partial charge on any atom is 0.162 e. The van der Waals surface area contributed by atoms with Crippen molar-refractivity contribution in [3.8, 4) is 11.5 Å². The zero-order chi connectivity index (χ0) is 15.1. The number of benzene rings is 1. The minimum Gasteiger partial charge on any atom is -0.493 e. The molecule has 0 amide bonds. The van der Waals surface area contributed by atoms with Gasteiger partial charge in [0.15, 0.2) is 11.5 Å². The molecule has 1 N–H and O–H groups in total. The summed E-state index contributed by atoms with van der Waals surface area (Å²) in [6.07, 6.45) is 5.46. The summed E-state index contributed by atoms with van der Waals surface area (Å²) in [6.45, 7) is 6.65. The van der Waals surface area contributed by atoms with Gasteiger partial charge in [0.1, 0.15) is 0 Å². The number of nitrogens with zero attached hydrogens (tertiary/aromatic N) is 1. The highest BCUT2D eigenvalue weighted by Gasteiger charge is 2.05. The van der Waals surface area contributed by atoms with Gasteiger partial charge < -0.3 is 19.4 Å². The van der Waals surface area contributed by atoms with E-state index >= 15 is 0 Å². The number of rotatable bonds is 8. The Bertz CT molecular complexity index is 564. The predicted molar refractivity (Wildman–Crippen MR) is 86.2 cm³/mol. The molecule has 0 saturated carbocycles. The molecule has 0 aliphatic carbocycles. The molecule has 4 nitrogen and oxygen atoms in total. The van der Waals surface area contributed by atoms with Gasteiger partial charge >= 0.3 is 0 Å². The van der Waals surface area contributed by atoms with E-state index in [9.17, 15) is 0 Å². The fourth-order valence-corrected chi connectivity index (χ4v) is 2.25. The zero-order valence-corrected chi connectivity index (χ0v) is 13.1. The van der Waals surface area contributed by atoms with Crippen LogP contribution in [0.5, 0.6) is 11.5 Å². The van der Waals surface area contributed by atoms with Gasteiger partial charge in [0.25, 0.3) is 0 Å². The molecule has 21 heavy (non-hydrogen) atoms. The fourth-order valence-electron chi connectivity index (χ4n) is 2.25. The summed E-state index contributed by atoms with van der Waals surface area (Å²) in [7, 11) is 1.66. The molecule has 0 fully saturated rings. The van der Waals surface area contributed by atoms with Crippen molar-refractivity contribution in [2.24, 2.45) is 0 Å². The second kappa shape index (κ2) is 7.62. The summed E-state index contributed by atoms with van der Waals surface area (Å²) in [4.78, 5) is 0. The molecule has 4 heteroatoms. The van der Waals surface area contributed by atoms with E-state index in [1.54, 1.807) is 7.11 Å². The minimum atomic E-state index is 0.633. The van der Waals surface area contributed by atoms with Crippen molar-refractivity contribution in [2.75, 3.05) is 19.0 Å². The Labute approximate surface area is 126 Å². The zero-order valence-electron chi connectivity index (χ0n) is 13.1. The standard InChI is InChI=1S/C17H24N2O2/c1-4-9-19-10-8-14(13-19)12-18-15-6-7-16(21-5-2)17(11-15)20-3/h6-8,10-11,13,18H,4-5,9,12H2,1-3H3. The Hall–Kier alpha value is -2.10. The predicted octanol–water partition coefficient (Wildman–Crippen LogP) is 3.92. The van der Waals surface area contributed by atoms with Gasteiger partial charge in [-0.1, -0.05) is 6.92 Å². The molecular weight excluding hydrogens is 264 g/mol. The Morgan fingerprint density at radius 2 is 2.00 bits per heavy atom. The second-order valence-corrected chi connectivity index (χ2v) is 4.91. The number of hydrogen-bond donors (Lipinski definition) is 1. The molecule has 2 rings (SSSR count). The summed E-state index contributed by atoms with van der Waals surface area (Å²) < 4.78 is 13.1. The van der Waals surface area contributed by atoms with Crippen LogP contribution in [0.15, 0.2) is 36.7 Å². The Morgan fingerprint density at radius 3 is 2.71 bits per heavy atom. The molecule has 0 radical (unpaired) electrons. The van der Waals surface area contributed by atoms with E-state index in [-0.39, 0.29) is 0 Å². The van der Waals surface area contributed by atoms with Crippen LogP contribution < -0.4 is 14.8 Å². The molecule has 1 aromatic carbocycles. The van der Waals surface area contributed by atoms with Crippen molar-refractivity contribution in [3.63, 3.8) is 0 Å². The first-order chi connectivity index (χ1) is 10.3. The van der Waals surface area contributed by atoms with E-state index in [1.165, 1.54) is 5.56 Å². The summed E-state index contributed by atoms with van der Waals surface area (Å²) in [5.41, 5.74) is 2.30. The van der Waals surface area contributed by atoms with Gasteiger partial charge in [-0.25, -0.2) is 0 Å². The van der Waals surface area contributed by atoms with Crippen LogP contribution in [0, 0.1) is 0 Å². The smallest absolute Gasteiger partial charge is 0.162 e. The third kappa shape index (κ3) is 4.18. The highest BCUT2D eigenvalue weighted by molar-refractivity contribution is 5.54. The first-order valence-corrected chi connectivity index (χ1v) is 7.46. The van der Waals surface area contributed by atoms with Crippen molar-refractivity contribution in [1.82, 2.24) is 4.57 Å². The third-order valence-corrected chi connectivity index (χ3v) is 3.25. The van der Waals surface area contributed by atoms with E-state index in [4.69, 9.17) is 9.47 Å². The molecule has 0 saturated heterocycles. The number of hydrogen-bond acceptors (Lipinski definition) is 3. The van der Waals surface area contributed by atoms with Gasteiger partial charge in [-0.3, -0.25) is 0 Å². The number of anilines is 1. The quantitative estimate of drug-likeness (QED) is 0.799. The first kappa shape index (κ1) is 15.3. The maximum atomic E-state index is 5.52. The summed E-state index contributed by atoms with van der Waals surface area (Å²) in [5.74, 6) is 1.53. The summed E-state index contributed by atoms with van der Waals surface area (Å²) >= 11 is 0. The lowest BCUT2D eigenvalue weighted by atomic mass is 10.2. The highest BCUT2D eigenvalue weighted by atomic mass is 16.5. The molecule has 0 spiro atoms. The van der Waals surface area contributed by atoms with E-state index in [2.05, 4.69) is 35.3 Å². The lowest BCUT2D eigenvalue weighted by Crippen LogP contribution is -2.00. The van der Waals surface area contributed by atoms with Gasteiger partial charge in [-0.15, -0.1) is 0 Å². The van der Waals surface area contributed by atoms with Crippen molar-refractivity contribution in [1.29, 1.82) is 0 Å². The van der Waals surface area contributed by atoms with Gasteiger partial charge in [0.05, 0.1) is 13.7 Å². The van der Waals surface area contributed by atoms with Crippen LogP contribution in [-0.2, 0) is 13.1 Å². The van der Waals surface area contributed by atoms with Crippen LogP contribution in [-0.4, -0.2) is 18.3 Å². The highest BCUT2D eigenvalue weighted by Crippen LogP contribution is 2.30. The number of aromatic nitrogens is 1. The van der Waals surface area contributed by atoms with E-state index in [0.29, 0.717) is 6.61 Å².